The van der Waals surface area contributed by atoms with Gasteiger partial charge in [0, 0.05) is 38.9 Å². The Morgan fingerprint density at radius 3 is 2.88 bits per heavy atom. The van der Waals surface area contributed by atoms with Crippen molar-refractivity contribution >= 4 is 11.7 Å². The summed E-state index contributed by atoms with van der Waals surface area (Å²) in [7, 11) is 0. The molecule has 124 valence electrons. The van der Waals surface area contributed by atoms with E-state index in [1.54, 1.807) is 6.20 Å². The first-order valence-corrected chi connectivity index (χ1v) is 8.61. The summed E-state index contributed by atoms with van der Waals surface area (Å²) >= 11 is 0. The van der Waals surface area contributed by atoms with Crippen molar-refractivity contribution in [3.63, 3.8) is 0 Å². The Labute approximate surface area is 142 Å². The highest BCUT2D eigenvalue weighted by atomic mass is 16.1. The summed E-state index contributed by atoms with van der Waals surface area (Å²) in [5.41, 5.74) is 4.49. The van der Waals surface area contributed by atoms with Gasteiger partial charge in [0.15, 0.2) is 0 Å². The summed E-state index contributed by atoms with van der Waals surface area (Å²) in [4.78, 5) is 19.3. The van der Waals surface area contributed by atoms with Crippen molar-refractivity contribution in [2.24, 2.45) is 0 Å². The third kappa shape index (κ3) is 2.99. The van der Waals surface area contributed by atoms with Crippen LogP contribution in [0.4, 0.5) is 5.82 Å². The predicted molar refractivity (Wildman–Crippen MR) is 93.8 cm³/mol. The van der Waals surface area contributed by atoms with Gasteiger partial charge in [-0.2, -0.15) is 0 Å². The number of hydrogen-bond donors (Lipinski definition) is 2. The molecule has 5 nitrogen and oxygen atoms in total. The van der Waals surface area contributed by atoms with E-state index >= 15 is 0 Å². The van der Waals surface area contributed by atoms with Crippen molar-refractivity contribution < 1.29 is 4.79 Å². The van der Waals surface area contributed by atoms with E-state index in [4.69, 9.17) is 0 Å². The minimum absolute atomic E-state index is 0.0522. The molecule has 0 saturated carbocycles. The zero-order valence-electron chi connectivity index (χ0n) is 13.7. The van der Waals surface area contributed by atoms with Crippen molar-refractivity contribution in [2.45, 2.75) is 32.5 Å². The lowest BCUT2D eigenvalue weighted by atomic mass is 10.1. The fourth-order valence-corrected chi connectivity index (χ4v) is 3.49. The van der Waals surface area contributed by atoms with Crippen LogP contribution >= 0.6 is 0 Å². The van der Waals surface area contributed by atoms with Crippen LogP contribution in [0.3, 0.4) is 0 Å². The van der Waals surface area contributed by atoms with Gasteiger partial charge in [-0.1, -0.05) is 18.2 Å². The number of hydrogen-bond acceptors (Lipinski definition) is 4. The van der Waals surface area contributed by atoms with Crippen LogP contribution in [0.15, 0.2) is 36.5 Å². The van der Waals surface area contributed by atoms with Crippen molar-refractivity contribution in [3.05, 3.63) is 58.8 Å². The molecule has 1 amide bonds. The molecule has 1 fully saturated rings. The molecule has 4 rings (SSSR count). The molecule has 5 heteroatoms. The van der Waals surface area contributed by atoms with Gasteiger partial charge in [-0.25, -0.2) is 4.98 Å². The number of aromatic nitrogens is 1. The molecule has 0 radical (unpaired) electrons. The summed E-state index contributed by atoms with van der Waals surface area (Å²) in [6, 6.07) is 10.1. The maximum atomic E-state index is 12.6. The molecule has 0 bridgehead atoms. The lowest BCUT2D eigenvalue weighted by Crippen LogP contribution is -2.28. The second-order valence-electron chi connectivity index (χ2n) is 6.46. The molecule has 2 aromatic rings. The van der Waals surface area contributed by atoms with E-state index in [2.05, 4.69) is 38.7 Å². The zero-order valence-corrected chi connectivity index (χ0v) is 13.7. The molecule has 2 aliphatic rings. The van der Waals surface area contributed by atoms with Crippen LogP contribution in [0.1, 0.15) is 39.9 Å². The number of carbonyl (C=O) groups excluding carboxylic acids is 1. The van der Waals surface area contributed by atoms with Crippen LogP contribution in [-0.4, -0.2) is 24.0 Å². The average molecular weight is 322 g/mol. The number of carbonyl (C=O) groups is 1. The van der Waals surface area contributed by atoms with Crippen molar-refractivity contribution in [1.29, 1.82) is 0 Å². The van der Waals surface area contributed by atoms with Crippen molar-refractivity contribution in [1.82, 2.24) is 15.6 Å². The van der Waals surface area contributed by atoms with Gasteiger partial charge in [0.25, 0.3) is 5.91 Å². The number of amides is 1. The Hall–Kier alpha value is -2.40. The number of anilines is 1. The number of fused-ring (bicyclic) bond motifs is 1. The molecular weight excluding hydrogens is 300 g/mol. The molecule has 2 N–H and O–H groups in total. The standard InChI is InChI=1S/C19H22N4O/c24-19(17-4-3-7-21-18(17)23-8-1-2-9-23)22-11-14-5-6-15-12-20-13-16(15)10-14/h3-7,10,20H,1-2,8-9,11-13H2,(H,22,24). The van der Waals surface area contributed by atoms with Crippen LogP contribution in [0.2, 0.25) is 0 Å². The van der Waals surface area contributed by atoms with Gasteiger partial charge in [-0.3, -0.25) is 4.79 Å². The monoisotopic (exact) mass is 322 g/mol. The largest absolute Gasteiger partial charge is 0.356 e. The Kier molecular flexibility index (Phi) is 4.17. The van der Waals surface area contributed by atoms with Gasteiger partial charge < -0.3 is 15.5 Å². The third-order valence-electron chi connectivity index (χ3n) is 4.79. The first-order valence-electron chi connectivity index (χ1n) is 8.61. The van der Waals surface area contributed by atoms with Crippen LogP contribution < -0.4 is 15.5 Å². The molecule has 3 heterocycles. The Morgan fingerprint density at radius 2 is 2.00 bits per heavy atom. The van der Waals surface area contributed by atoms with E-state index in [1.807, 2.05) is 12.1 Å². The zero-order chi connectivity index (χ0) is 16.4. The second kappa shape index (κ2) is 6.61. The molecule has 1 aromatic heterocycles. The normalized spacial score (nSPS) is 16.2. The summed E-state index contributed by atoms with van der Waals surface area (Å²) in [6.07, 6.45) is 4.10. The number of nitrogens with one attached hydrogen (secondary N) is 2. The van der Waals surface area contributed by atoms with Gasteiger partial charge in [0.05, 0.1) is 5.56 Å². The highest BCUT2D eigenvalue weighted by Crippen LogP contribution is 2.22. The number of benzene rings is 1. The highest BCUT2D eigenvalue weighted by Gasteiger charge is 2.20. The SMILES string of the molecule is O=C(NCc1ccc2c(c1)CNC2)c1cccnc1N1CCCC1. The molecular formula is C19H22N4O. The Bertz CT molecular complexity index is 753. The van der Waals surface area contributed by atoms with Crippen molar-refractivity contribution in [3.8, 4) is 0 Å². The molecule has 2 aliphatic heterocycles. The maximum absolute atomic E-state index is 12.6. The lowest BCUT2D eigenvalue weighted by Gasteiger charge is -2.19. The fourth-order valence-electron chi connectivity index (χ4n) is 3.49. The summed E-state index contributed by atoms with van der Waals surface area (Å²) in [6.45, 7) is 4.36. The average Bonchev–Trinajstić information content (AvgIpc) is 3.30. The first-order chi connectivity index (χ1) is 11.8. The van der Waals surface area contributed by atoms with Crippen molar-refractivity contribution in [2.75, 3.05) is 18.0 Å². The first kappa shape index (κ1) is 15.1. The van der Waals surface area contributed by atoms with Gasteiger partial charge in [0.1, 0.15) is 5.82 Å². The third-order valence-corrected chi connectivity index (χ3v) is 4.79. The van der Waals surface area contributed by atoms with Gasteiger partial charge in [0.2, 0.25) is 0 Å². The molecule has 1 aromatic carbocycles. The minimum atomic E-state index is -0.0522. The summed E-state index contributed by atoms with van der Waals surface area (Å²) < 4.78 is 0. The predicted octanol–water partition coefficient (Wildman–Crippen LogP) is 2.21. The topological polar surface area (TPSA) is 57.3 Å². The number of pyridine rings is 1. The molecule has 0 aliphatic carbocycles. The van der Waals surface area contributed by atoms with E-state index in [0.29, 0.717) is 12.1 Å². The molecule has 0 atom stereocenters. The Morgan fingerprint density at radius 1 is 1.17 bits per heavy atom. The van der Waals surface area contributed by atoms with Gasteiger partial charge in [-0.15, -0.1) is 0 Å². The Balaban J connectivity index is 1.47. The molecule has 24 heavy (non-hydrogen) atoms. The van der Waals surface area contributed by atoms with E-state index in [-0.39, 0.29) is 5.91 Å². The van der Waals surface area contributed by atoms with Gasteiger partial charge in [-0.05, 0) is 41.7 Å². The highest BCUT2D eigenvalue weighted by molar-refractivity contribution is 5.98. The lowest BCUT2D eigenvalue weighted by molar-refractivity contribution is 0.0951. The number of nitrogens with zero attached hydrogens (tertiary/aromatic N) is 2. The molecule has 0 spiro atoms. The molecule has 1 saturated heterocycles. The van der Waals surface area contributed by atoms with Crippen LogP contribution in [0, 0.1) is 0 Å². The van der Waals surface area contributed by atoms with Crippen LogP contribution in [0.5, 0.6) is 0 Å². The quantitative estimate of drug-likeness (QED) is 0.906. The number of rotatable bonds is 4. The van der Waals surface area contributed by atoms with E-state index in [1.165, 1.54) is 24.0 Å². The minimum Gasteiger partial charge on any atom is -0.356 e. The smallest absolute Gasteiger partial charge is 0.255 e. The molecule has 0 unspecified atom stereocenters. The van der Waals surface area contributed by atoms with E-state index < -0.39 is 0 Å². The van der Waals surface area contributed by atoms with E-state index in [0.717, 1.165) is 37.6 Å². The van der Waals surface area contributed by atoms with E-state index in [9.17, 15) is 4.79 Å². The summed E-state index contributed by atoms with van der Waals surface area (Å²) in [5.74, 6) is 0.759. The second-order valence-corrected chi connectivity index (χ2v) is 6.46. The van der Waals surface area contributed by atoms with Gasteiger partial charge >= 0.3 is 0 Å². The fraction of sp³-hybridized carbons (Fsp3) is 0.368. The summed E-state index contributed by atoms with van der Waals surface area (Å²) in [5, 5.41) is 6.39. The van der Waals surface area contributed by atoms with Crippen LogP contribution in [-0.2, 0) is 19.6 Å². The maximum Gasteiger partial charge on any atom is 0.255 e. The van der Waals surface area contributed by atoms with Crippen LogP contribution in [0.25, 0.3) is 0 Å².